The monoisotopic (exact) mass is 452 g/mol. The van der Waals surface area contributed by atoms with Gasteiger partial charge in [-0.2, -0.15) is 0 Å². The van der Waals surface area contributed by atoms with Crippen molar-refractivity contribution in [1.29, 1.82) is 0 Å². The van der Waals surface area contributed by atoms with Crippen LogP contribution in [0, 0.1) is 6.92 Å². The summed E-state index contributed by atoms with van der Waals surface area (Å²) in [4.78, 5) is 0. The average molecular weight is 453 g/mol. The molecular weight excluding hydrogens is 400 g/mol. The quantitative estimate of drug-likeness (QED) is 0.145. The maximum atomic E-state index is 2.45. The molecule has 180 valence electrons. The summed E-state index contributed by atoms with van der Waals surface area (Å²) in [7, 11) is -0.275. The molecule has 0 amide bonds. The topological polar surface area (TPSA) is 0 Å². The second-order valence-corrected chi connectivity index (χ2v) is 12.4. The van der Waals surface area contributed by atoms with Gasteiger partial charge in [0.15, 0.2) is 0 Å². The highest BCUT2D eigenvalue weighted by molar-refractivity contribution is 6.61. The van der Waals surface area contributed by atoms with Gasteiger partial charge in [-0.1, -0.05) is 150 Å². The van der Waals surface area contributed by atoms with Crippen molar-refractivity contribution >= 4 is 14.7 Å². The third-order valence-corrected chi connectivity index (χ3v) is 9.31. The molecule has 1 aromatic rings. The largest absolute Gasteiger partial charge is 0.0832 e. The number of rotatable bonds is 19. The van der Waals surface area contributed by atoms with Crippen LogP contribution in [0.15, 0.2) is 41.1 Å². The first-order chi connectivity index (χ1) is 15.7. The van der Waals surface area contributed by atoms with Crippen LogP contribution in [0.3, 0.4) is 0 Å². The second kappa shape index (κ2) is 17.4. The molecule has 0 spiro atoms. The molecule has 0 radical (unpaired) electrons. The standard InChI is InChI=1S/C31H52Si/c1-4-5-6-7-8-9-10-11-12-13-14-15-16-17-18-19-22-30-28(3)21-20-23-31(30)32-29-25-24-27(2)26-29/h20-21,23-24,26H,4-19,22,25,32H2,1-3H3. The molecule has 0 nitrogen and oxygen atoms in total. The summed E-state index contributed by atoms with van der Waals surface area (Å²) in [6, 6.07) is 7.03. The highest BCUT2D eigenvalue weighted by atomic mass is 28.2. The van der Waals surface area contributed by atoms with Crippen molar-refractivity contribution in [2.45, 2.75) is 136 Å². The summed E-state index contributed by atoms with van der Waals surface area (Å²) in [5, 5.41) is 3.43. The van der Waals surface area contributed by atoms with Gasteiger partial charge in [-0.3, -0.25) is 0 Å². The maximum absolute atomic E-state index is 2.45. The molecular formula is C31H52Si. The summed E-state index contributed by atoms with van der Waals surface area (Å²) in [6.45, 7) is 6.87. The van der Waals surface area contributed by atoms with E-state index in [1.807, 2.05) is 0 Å². The zero-order valence-electron chi connectivity index (χ0n) is 21.8. The lowest BCUT2D eigenvalue weighted by atomic mass is 10.0. The van der Waals surface area contributed by atoms with Crippen LogP contribution in [0.5, 0.6) is 0 Å². The number of benzene rings is 1. The van der Waals surface area contributed by atoms with Crippen molar-refractivity contribution in [2.24, 2.45) is 0 Å². The van der Waals surface area contributed by atoms with E-state index in [4.69, 9.17) is 0 Å². The highest BCUT2D eigenvalue weighted by Gasteiger charge is 2.10. The first-order valence-corrected chi connectivity index (χ1v) is 15.6. The Labute approximate surface area is 203 Å². The number of hydrogen-bond donors (Lipinski definition) is 0. The number of allylic oxidation sites excluding steroid dienone is 4. The van der Waals surface area contributed by atoms with E-state index in [0.717, 1.165) is 0 Å². The maximum Gasteiger partial charge on any atom is 0.0832 e. The number of aryl methyl sites for hydroxylation is 1. The van der Waals surface area contributed by atoms with E-state index in [2.05, 4.69) is 51.1 Å². The molecule has 1 aromatic carbocycles. The van der Waals surface area contributed by atoms with E-state index < -0.39 is 0 Å². The Morgan fingerprint density at radius 2 is 1.22 bits per heavy atom. The van der Waals surface area contributed by atoms with Crippen molar-refractivity contribution in [3.63, 3.8) is 0 Å². The van der Waals surface area contributed by atoms with E-state index >= 15 is 0 Å². The predicted octanol–water partition coefficient (Wildman–Crippen LogP) is 8.83. The van der Waals surface area contributed by atoms with Crippen LogP contribution in [0.4, 0.5) is 0 Å². The fourth-order valence-corrected chi connectivity index (χ4v) is 7.36. The van der Waals surface area contributed by atoms with Gasteiger partial charge >= 0.3 is 0 Å². The number of hydrogen-bond acceptors (Lipinski definition) is 0. The summed E-state index contributed by atoms with van der Waals surface area (Å²) in [6.07, 6.45) is 30.5. The smallest absolute Gasteiger partial charge is 0.0786 e. The molecule has 0 bridgehead atoms. The van der Waals surface area contributed by atoms with Gasteiger partial charge in [0.2, 0.25) is 0 Å². The zero-order chi connectivity index (χ0) is 22.9. The Bertz CT molecular complexity index is 682. The fraction of sp³-hybridized carbons (Fsp3) is 0.677. The molecule has 32 heavy (non-hydrogen) atoms. The first-order valence-electron chi connectivity index (χ1n) is 14.1. The lowest BCUT2D eigenvalue weighted by Gasteiger charge is -2.13. The molecule has 1 aliphatic carbocycles. The van der Waals surface area contributed by atoms with Gasteiger partial charge in [-0.25, -0.2) is 0 Å². The van der Waals surface area contributed by atoms with Crippen molar-refractivity contribution in [3.05, 3.63) is 52.2 Å². The zero-order valence-corrected chi connectivity index (χ0v) is 23.2. The van der Waals surface area contributed by atoms with Gasteiger partial charge in [0, 0.05) is 0 Å². The molecule has 1 aliphatic rings. The molecule has 0 heterocycles. The average Bonchev–Trinajstić information content (AvgIpc) is 3.19. The van der Waals surface area contributed by atoms with Crippen molar-refractivity contribution in [1.82, 2.24) is 0 Å². The molecule has 0 aromatic heterocycles. The van der Waals surface area contributed by atoms with Crippen LogP contribution in [0.25, 0.3) is 0 Å². The molecule has 0 saturated carbocycles. The lowest BCUT2D eigenvalue weighted by Crippen LogP contribution is -2.22. The summed E-state index contributed by atoms with van der Waals surface area (Å²) < 4.78 is 0. The molecule has 0 atom stereocenters. The Morgan fingerprint density at radius 3 is 1.72 bits per heavy atom. The summed E-state index contributed by atoms with van der Waals surface area (Å²) in [5.74, 6) is 0. The van der Waals surface area contributed by atoms with Crippen molar-refractivity contribution in [3.8, 4) is 0 Å². The molecule has 0 N–H and O–H groups in total. The van der Waals surface area contributed by atoms with E-state index in [9.17, 15) is 0 Å². The van der Waals surface area contributed by atoms with E-state index in [1.165, 1.54) is 127 Å². The SMILES string of the molecule is CCCCCCCCCCCCCCCCCCc1c(C)cccc1[SiH2]C1=CC(C)=CC1. The molecule has 2 rings (SSSR count). The van der Waals surface area contributed by atoms with Gasteiger partial charge in [0.05, 0.1) is 9.52 Å². The first kappa shape index (κ1) is 27.2. The molecule has 0 aliphatic heterocycles. The third-order valence-electron chi connectivity index (χ3n) is 7.32. The normalized spacial score (nSPS) is 13.8. The lowest BCUT2D eigenvalue weighted by molar-refractivity contribution is 0.529. The van der Waals surface area contributed by atoms with E-state index in [0.29, 0.717) is 0 Å². The van der Waals surface area contributed by atoms with Gasteiger partial charge in [0.25, 0.3) is 0 Å². The number of unbranched alkanes of at least 4 members (excludes halogenated alkanes) is 15. The third kappa shape index (κ3) is 11.7. The molecule has 0 saturated heterocycles. The van der Waals surface area contributed by atoms with Crippen LogP contribution in [0.1, 0.15) is 134 Å². The van der Waals surface area contributed by atoms with Crippen LogP contribution < -0.4 is 5.19 Å². The van der Waals surface area contributed by atoms with Crippen LogP contribution in [-0.4, -0.2) is 9.52 Å². The minimum atomic E-state index is -0.275. The minimum absolute atomic E-state index is 0.275. The Balaban J connectivity index is 1.46. The minimum Gasteiger partial charge on any atom is -0.0786 e. The van der Waals surface area contributed by atoms with Crippen LogP contribution in [-0.2, 0) is 6.42 Å². The Kier molecular flexibility index (Phi) is 14.8. The van der Waals surface area contributed by atoms with E-state index in [1.54, 1.807) is 15.9 Å². The van der Waals surface area contributed by atoms with Gasteiger partial charge in [0.1, 0.15) is 0 Å². The second-order valence-electron chi connectivity index (χ2n) is 10.4. The van der Waals surface area contributed by atoms with Crippen molar-refractivity contribution < 1.29 is 0 Å². The van der Waals surface area contributed by atoms with Gasteiger partial charge < -0.3 is 0 Å². The fourth-order valence-electron chi connectivity index (χ4n) is 5.24. The molecule has 1 heteroatoms. The van der Waals surface area contributed by atoms with Gasteiger partial charge in [-0.05, 0) is 44.2 Å². The van der Waals surface area contributed by atoms with Crippen LogP contribution >= 0.6 is 0 Å². The Hall–Kier alpha value is -1.08. The highest BCUT2D eigenvalue weighted by Crippen LogP contribution is 2.18. The van der Waals surface area contributed by atoms with Crippen molar-refractivity contribution in [2.75, 3.05) is 0 Å². The summed E-state index contributed by atoms with van der Waals surface area (Å²) >= 11 is 0. The molecule has 0 unspecified atom stereocenters. The Morgan fingerprint density at radius 1 is 0.688 bits per heavy atom. The predicted molar refractivity (Wildman–Crippen MR) is 149 cm³/mol. The van der Waals surface area contributed by atoms with Gasteiger partial charge in [-0.15, -0.1) is 0 Å². The summed E-state index contributed by atoms with van der Waals surface area (Å²) in [5.41, 5.74) is 4.69. The molecule has 0 fully saturated rings. The van der Waals surface area contributed by atoms with Crippen LogP contribution in [0.2, 0.25) is 0 Å². The van der Waals surface area contributed by atoms with E-state index in [-0.39, 0.29) is 9.52 Å².